The number of hydrogen-bond donors (Lipinski definition) is 6. The number of aromatic nitrogens is 1. The third kappa shape index (κ3) is 8.95. The Balaban J connectivity index is 0.000000782. The van der Waals surface area contributed by atoms with Gasteiger partial charge in [-0.25, -0.2) is 9.18 Å². The van der Waals surface area contributed by atoms with Crippen LogP contribution in [0.1, 0.15) is 27.5 Å². The number of hydrogen-bond acceptors (Lipinski definition) is 8. The van der Waals surface area contributed by atoms with Gasteiger partial charge in [0.25, 0.3) is 11.8 Å². The average Bonchev–Trinajstić information content (AvgIpc) is 2.94. The van der Waals surface area contributed by atoms with Crippen molar-refractivity contribution in [3.63, 3.8) is 0 Å². The number of anilines is 1. The van der Waals surface area contributed by atoms with Crippen molar-refractivity contribution in [1.29, 1.82) is 5.41 Å². The molecule has 12 nitrogen and oxygen atoms in total. The highest BCUT2D eigenvalue weighted by Crippen LogP contribution is 2.34. The zero-order valence-corrected chi connectivity index (χ0v) is 22.4. The van der Waals surface area contributed by atoms with Gasteiger partial charge in [-0.15, -0.1) is 0 Å². The van der Waals surface area contributed by atoms with Crippen molar-refractivity contribution in [2.75, 3.05) is 19.5 Å². The number of carbonyl (C=O) groups excluding carboxylic acids is 2. The number of pyridine rings is 1. The summed E-state index contributed by atoms with van der Waals surface area (Å²) in [5.74, 6) is -4.78. The van der Waals surface area contributed by atoms with Crippen LogP contribution in [-0.4, -0.2) is 54.1 Å². The standard InChI is InChI=1S/C23H22ClFN6O4.C2HF3O2/c1-34-18-9-15(17(25)10-19(18)35-2)20(29-13-5-3-12(4-6-13)21(26)27)23(33)31-30-22(32)14-7-8-28-11-16(14)24;3-2(4,5)1(6)7/h3-11,20,29H,1-2H3,(H3,26,27)(H,30,32)(H,31,33);(H,6,7). The quantitative estimate of drug-likeness (QED) is 0.0956. The third-order valence-corrected chi connectivity index (χ3v) is 5.44. The highest BCUT2D eigenvalue weighted by Gasteiger charge is 2.38. The van der Waals surface area contributed by atoms with Crippen LogP contribution in [0.2, 0.25) is 5.02 Å². The number of nitrogen functional groups attached to an aromatic ring is 1. The Hall–Kier alpha value is -5.12. The molecule has 1 atom stereocenters. The number of methoxy groups -OCH3 is 2. The van der Waals surface area contributed by atoms with E-state index in [-0.39, 0.29) is 33.5 Å². The number of nitrogens with zero attached hydrogens (tertiary/aromatic N) is 1. The number of alkyl halides is 3. The van der Waals surface area contributed by atoms with Gasteiger partial charge >= 0.3 is 12.1 Å². The zero-order valence-electron chi connectivity index (χ0n) is 21.7. The summed E-state index contributed by atoms with van der Waals surface area (Å²) < 4.78 is 57.1. The van der Waals surface area contributed by atoms with Crippen LogP contribution in [0.4, 0.5) is 23.2 Å². The summed E-state index contributed by atoms with van der Waals surface area (Å²) in [4.78, 5) is 38.3. The fourth-order valence-corrected chi connectivity index (χ4v) is 3.31. The number of carboxylic acid groups (broad SMARTS) is 1. The van der Waals surface area contributed by atoms with Crippen LogP contribution >= 0.6 is 11.6 Å². The lowest BCUT2D eigenvalue weighted by Gasteiger charge is -2.22. The van der Waals surface area contributed by atoms with E-state index in [9.17, 15) is 22.8 Å². The highest BCUT2D eigenvalue weighted by atomic mass is 35.5. The van der Waals surface area contributed by atoms with Crippen molar-refractivity contribution >= 4 is 40.9 Å². The Kier molecular flexibility index (Phi) is 11.4. The molecule has 0 aliphatic rings. The van der Waals surface area contributed by atoms with Crippen LogP contribution < -0.4 is 31.4 Å². The fourth-order valence-electron chi connectivity index (χ4n) is 3.11. The number of carboxylic acids is 1. The molecule has 0 saturated heterocycles. The smallest absolute Gasteiger partial charge is 0.490 e. The van der Waals surface area contributed by atoms with Crippen molar-refractivity contribution in [2.24, 2.45) is 5.73 Å². The summed E-state index contributed by atoms with van der Waals surface area (Å²) in [5, 5.41) is 17.6. The van der Waals surface area contributed by atoms with E-state index in [1.807, 2.05) is 0 Å². The van der Waals surface area contributed by atoms with Gasteiger partial charge in [-0.3, -0.25) is 30.8 Å². The molecular formula is C25H23ClF4N6O6. The first-order chi connectivity index (χ1) is 19.7. The number of carbonyl (C=O) groups is 3. The maximum absolute atomic E-state index is 15.0. The topological polar surface area (TPSA) is 189 Å². The van der Waals surface area contributed by atoms with Gasteiger partial charge in [0.05, 0.1) is 24.8 Å². The SMILES string of the molecule is COc1cc(F)c(C(Nc2ccc(C(=N)N)cc2)C(=O)NNC(=O)c2ccncc2Cl)cc1OC.O=C(O)C(F)(F)F. The molecule has 0 spiro atoms. The van der Waals surface area contributed by atoms with Crippen LogP contribution in [0.5, 0.6) is 11.5 Å². The van der Waals surface area contributed by atoms with Crippen molar-refractivity contribution in [3.05, 3.63) is 82.4 Å². The van der Waals surface area contributed by atoms with E-state index >= 15 is 4.39 Å². The molecule has 1 unspecified atom stereocenters. The summed E-state index contributed by atoms with van der Waals surface area (Å²) in [7, 11) is 2.73. The Morgan fingerprint density at radius 2 is 1.62 bits per heavy atom. The number of aliphatic carboxylic acids is 1. The summed E-state index contributed by atoms with van der Waals surface area (Å²) in [5.41, 5.74) is 10.9. The van der Waals surface area contributed by atoms with Gasteiger partial charge in [-0.2, -0.15) is 13.2 Å². The van der Waals surface area contributed by atoms with E-state index < -0.39 is 35.8 Å². The number of nitrogens with two attached hydrogens (primary N) is 1. The summed E-state index contributed by atoms with van der Waals surface area (Å²) in [6, 6.07) is 8.75. The molecule has 3 aromatic rings. The molecule has 1 aromatic heterocycles. The first-order valence-corrected chi connectivity index (χ1v) is 11.7. The minimum absolute atomic E-state index is 0.0769. The Labute approximate surface area is 240 Å². The van der Waals surface area contributed by atoms with E-state index in [1.54, 1.807) is 24.3 Å². The molecule has 224 valence electrons. The normalized spacial score (nSPS) is 11.2. The first kappa shape index (κ1) is 33.1. The Morgan fingerprint density at radius 3 is 2.12 bits per heavy atom. The maximum atomic E-state index is 15.0. The number of halogens is 5. The van der Waals surface area contributed by atoms with Crippen molar-refractivity contribution in [3.8, 4) is 11.5 Å². The molecule has 0 aliphatic carbocycles. The van der Waals surface area contributed by atoms with Crippen molar-refractivity contribution < 1.29 is 46.5 Å². The maximum Gasteiger partial charge on any atom is 0.490 e. The lowest BCUT2D eigenvalue weighted by atomic mass is 10.0. The number of amidine groups is 1. The lowest BCUT2D eigenvalue weighted by molar-refractivity contribution is -0.192. The third-order valence-electron chi connectivity index (χ3n) is 5.14. The number of amides is 2. The van der Waals surface area contributed by atoms with E-state index in [2.05, 4.69) is 21.2 Å². The summed E-state index contributed by atoms with van der Waals surface area (Å²) in [6.45, 7) is 0. The van der Waals surface area contributed by atoms with Gasteiger partial charge in [0, 0.05) is 35.3 Å². The molecule has 0 saturated carbocycles. The van der Waals surface area contributed by atoms with Gasteiger partial charge in [0.15, 0.2) is 11.5 Å². The second kappa shape index (κ2) is 14.5. The Morgan fingerprint density at radius 1 is 1.05 bits per heavy atom. The number of benzene rings is 2. The second-order valence-electron chi connectivity index (χ2n) is 7.90. The minimum atomic E-state index is -5.08. The minimum Gasteiger partial charge on any atom is -0.493 e. The van der Waals surface area contributed by atoms with Gasteiger partial charge in [0.2, 0.25) is 0 Å². The lowest BCUT2D eigenvalue weighted by Crippen LogP contribution is -2.45. The first-order valence-electron chi connectivity index (χ1n) is 11.3. The molecule has 0 radical (unpaired) electrons. The number of hydrazine groups is 1. The van der Waals surface area contributed by atoms with Crippen LogP contribution in [0.25, 0.3) is 0 Å². The molecule has 17 heteroatoms. The predicted octanol–water partition coefficient (Wildman–Crippen LogP) is 3.42. The van der Waals surface area contributed by atoms with Crippen LogP contribution in [0, 0.1) is 11.2 Å². The van der Waals surface area contributed by atoms with Crippen LogP contribution in [0.15, 0.2) is 54.9 Å². The molecule has 2 aromatic carbocycles. The van der Waals surface area contributed by atoms with Crippen molar-refractivity contribution in [1.82, 2.24) is 15.8 Å². The monoisotopic (exact) mass is 614 g/mol. The molecular weight excluding hydrogens is 592 g/mol. The summed E-state index contributed by atoms with van der Waals surface area (Å²) in [6.07, 6.45) is -2.43. The molecule has 1 heterocycles. The van der Waals surface area contributed by atoms with Crippen molar-refractivity contribution in [2.45, 2.75) is 12.2 Å². The number of rotatable bonds is 8. The van der Waals surface area contributed by atoms with Gasteiger partial charge < -0.3 is 25.6 Å². The number of ether oxygens (including phenoxy) is 2. The molecule has 7 N–H and O–H groups in total. The van der Waals surface area contributed by atoms with Crippen LogP contribution in [0.3, 0.4) is 0 Å². The molecule has 42 heavy (non-hydrogen) atoms. The van der Waals surface area contributed by atoms with Gasteiger partial charge in [-0.1, -0.05) is 11.6 Å². The van der Waals surface area contributed by atoms with E-state index in [4.69, 9.17) is 42.1 Å². The zero-order chi connectivity index (χ0) is 31.6. The Bertz CT molecular complexity index is 1460. The van der Waals surface area contributed by atoms with E-state index in [0.717, 1.165) is 6.07 Å². The fraction of sp³-hybridized carbons (Fsp3) is 0.160. The van der Waals surface area contributed by atoms with E-state index in [1.165, 1.54) is 38.7 Å². The molecule has 3 rings (SSSR count). The second-order valence-corrected chi connectivity index (χ2v) is 8.31. The van der Waals surface area contributed by atoms with Gasteiger partial charge in [-0.05, 0) is 36.4 Å². The van der Waals surface area contributed by atoms with Gasteiger partial charge in [0.1, 0.15) is 17.7 Å². The largest absolute Gasteiger partial charge is 0.493 e. The van der Waals surface area contributed by atoms with E-state index in [0.29, 0.717) is 11.3 Å². The molecule has 0 bridgehead atoms. The highest BCUT2D eigenvalue weighted by molar-refractivity contribution is 6.33. The molecule has 2 amide bonds. The average molecular weight is 615 g/mol. The molecule has 0 aliphatic heterocycles. The predicted molar refractivity (Wildman–Crippen MR) is 142 cm³/mol. The number of nitrogens with one attached hydrogen (secondary N) is 4. The summed E-state index contributed by atoms with van der Waals surface area (Å²) >= 11 is 5.97. The van der Waals surface area contributed by atoms with Crippen LogP contribution in [-0.2, 0) is 9.59 Å². The molecule has 0 fully saturated rings.